The van der Waals surface area contributed by atoms with E-state index in [0.29, 0.717) is 12.2 Å². The quantitative estimate of drug-likeness (QED) is 0.0307. The highest BCUT2D eigenvalue weighted by Gasteiger charge is 2.44. The average Bonchev–Trinajstić information content (AvgIpc) is 2.97. The van der Waals surface area contributed by atoms with E-state index in [1.54, 1.807) is 6.92 Å². The number of rotatable bonds is 33. The summed E-state index contributed by atoms with van der Waals surface area (Å²) < 4.78 is 19.9. The van der Waals surface area contributed by atoms with Gasteiger partial charge in [-0.15, -0.1) is 0 Å². The Bertz CT molecular complexity index is 708. The third-order valence-corrected chi connectivity index (χ3v) is 9.65. The fourth-order valence-electron chi connectivity index (χ4n) is 6.86. The molecule has 0 aliphatic rings. The number of carbonyl (C=O) groups excluding carboxylic acids is 1. The van der Waals surface area contributed by atoms with E-state index in [0.717, 1.165) is 32.1 Å². The Morgan fingerprint density at radius 2 is 0.891 bits per heavy atom. The van der Waals surface area contributed by atoms with Crippen molar-refractivity contribution in [2.24, 2.45) is 5.92 Å². The van der Waals surface area contributed by atoms with Gasteiger partial charge in [0.1, 0.15) is 0 Å². The highest BCUT2D eigenvalue weighted by atomic mass is 16.7. The Labute approximate surface area is 289 Å². The van der Waals surface area contributed by atoms with Gasteiger partial charge in [-0.3, -0.25) is 0 Å². The first-order valence-corrected chi connectivity index (χ1v) is 20.1. The molecule has 1 unspecified atom stereocenters. The van der Waals surface area contributed by atoms with Gasteiger partial charge >= 0.3 is 5.97 Å². The fraction of sp³-hybridized carbons (Fsp3) is 0.929. The summed E-state index contributed by atoms with van der Waals surface area (Å²) in [7, 11) is 0. The molecule has 0 spiro atoms. The first-order chi connectivity index (χ1) is 21.8. The molecule has 0 aliphatic carbocycles. The van der Waals surface area contributed by atoms with Crippen LogP contribution in [0.3, 0.4) is 0 Å². The zero-order chi connectivity index (χ0) is 34.7. The first-order valence-electron chi connectivity index (χ1n) is 20.1. The smallest absolute Gasteiger partial charge is 0.333 e. The molecule has 0 aliphatic heterocycles. The standard InChI is InChI=1S/C42H82O4/c1-11-14-17-20-23-26-29-34-40(6,7)45-42(10,46-41(8,9)35-30-27-24-21-18-15-12-2)38(32-28-25-22-19-16-13-3)33-31-36-44-39(43)37(4)5/h38H,4,11-36H2,1-3,5-10H3. The van der Waals surface area contributed by atoms with Gasteiger partial charge < -0.3 is 14.2 Å². The van der Waals surface area contributed by atoms with E-state index in [9.17, 15) is 4.79 Å². The Morgan fingerprint density at radius 1 is 0.543 bits per heavy atom. The Morgan fingerprint density at radius 3 is 1.28 bits per heavy atom. The molecule has 0 saturated carbocycles. The largest absolute Gasteiger partial charge is 0.462 e. The second-order valence-corrected chi connectivity index (χ2v) is 15.8. The van der Waals surface area contributed by atoms with E-state index in [1.165, 1.54) is 128 Å². The minimum atomic E-state index is -0.711. The van der Waals surface area contributed by atoms with Crippen molar-refractivity contribution in [1.82, 2.24) is 0 Å². The van der Waals surface area contributed by atoms with Crippen molar-refractivity contribution in [3.8, 4) is 0 Å². The lowest BCUT2D eigenvalue weighted by Crippen LogP contribution is -2.51. The molecule has 0 fully saturated rings. The summed E-state index contributed by atoms with van der Waals surface area (Å²) >= 11 is 0. The van der Waals surface area contributed by atoms with Crippen LogP contribution in [0.25, 0.3) is 0 Å². The molecule has 4 nitrogen and oxygen atoms in total. The minimum Gasteiger partial charge on any atom is -0.462 e. The number of hydrogen-bond donors (Lipinski definition) is 0. The van der Waals surface area contributed by atoms with Gasteiger partial charge in [0.05, 0.1) is 17.8 Å². The fourth-order valence-corrected chi connectivity index (χ4v) is 6.86. The van der Waals surface area contributed by atoms with Crippen molar-refractivity contribution in [3.05, 3.63) is 12.2 Å². The molecule has 0 saturated heterocycles. The Hall–Kier alpha value is -0.870. The summed E-state index contributed by atoms with van der Waals surface area (Å²) in [5.74, 6) is -0.782. The second kappa shape index (κ2) is 27.0. The van der Waals surface area contributed by atoms with Gasteiger partial charge in [-0.25, -0.2) is 4.79 Å². The third kappa shape index (κ3) is 24.3. The molecule has 46 heavy (non-hydrogen) atoms. The number of unbranched alkanes of at least 4 members (excludes halogenated alkanes) is 17. The molecule has 1 atom stereocenters. The summed E-state index contributed by atoms with van der Waals surface area (Å²) in [6.45, 7) is 24.0. The maximum absolute atomic E-state index is 12.1. The normalized spacial score (nSPS) is 13.2. The molecule has 0 aromatic heterocycles. The molecule has 0 bridgehead atoms. The topological polar surface area (TPSA) is 44.8 Å². The van der Waals surface area contributed by atoms with Crippen LogP contribution in [0.1, 0.15) is 223 Å². The van der Waals surface area contributed by atoms with E-state index in [4.69, 9.17) is 14.2 Å². The lowest BCUT2D eigenvalue weighted by Gasteiger charge is -2.47. The molecule has 0 heterocycles. The number of ether oxygens (including phenoxy) is 3. The van der Waals surface area contributed by atoms with Crippen LogP contribution in [0.15, 0.2) is 12.2 Å². The van der Waals surface area contributed by atoms with Crippen LogP contribution in [0, 0.1) is 5.92 Å². The summed E-state index contributed by atoms with van der Waals surface area (Å²) in [5, 5.41) is 0. The van der Waals surface area contributed by atoms with Crippen molar-refractivity contribution in [3.63, 3.8) is 0 Å². The molecule has 0 aromatic carbocycles. The van der Waals surface area contributed by atoms with E-state index in [2.05, 4.69) is 62.0 Å². The molecule has 0 N–H and O–H groups in total. The van der Waals surface area contributed by atoms with Crippen LogP contribution in [0.4, 0.5) is 0 Å². The molecule has 274 valence electrons. The highest BCUT2D eigenvalue weighted by molar-refractivity contribution is 5.86. The first kappa shape index (κ1) is 45.1. The summed E-state index contributed by atoms with van der Waals surface area (Å²) in [4.78, 5) is 12.1. The zero-order valence-corrected chi connectivity index (χ0v) is 32.8. The molecular weight excluding hydrogens is 568 g/mol. The van der Waals surface area contributed by atoms with Crippen molar-refractivity contribution >= 4 is 5.97 Å². The second-order valence-electron chi connectivity index (χ2n) is 15.8. The van der Waals surface area contributed by atoms with Crippen molar-refractivity contribution in [2.45, 2.75) is 240 Å². The number of esters is 1. The van der Waals surface area contributed by atoms with Crippen LogP contribution >= 0.6 is 0 Å². The van der Waals surface area contributed by atoms with Crippen LogP contribution in [0.5, 0.6) is 0 Å². The molecule has 0 aromatic rings. The van der Waals surface area contributed by atoms with Gasteiger partial charge in [-0.2, -0.15) is 0 Å². The molecule has 0 rings (SSSR count). The van der Waals surface area contributed by atoms with E-state index >= 15 is 0 Å². The summed E-state index contributed by atoms with van der Waals surface area (Å²) in [6, 6.07) is 0. The Balaban J connectivity index is 5.72. The number of carbonyl (C=O) groups is 1. The van der Waals surface area contributed by atoms with Gasteiger partial charge in [0.25, 0.3) is 0 Å². The van der Waals surface area contributed by atoms with Crippen molar-refractivity contribution in [1.29, 1.82) is 0 Å². The van der Waals surface area contributed by atoms with Crippen LogP contribution in [-0.2, 0) is 19.0 Å². The van der Waals surface area contributed by atoms with Gasteiger partial charge in [0.15, 0.2) is 5.79 Å². The maximum atomic E-state index is 12.1. The van der Waals surface area contributed by atoms with Crippen LogP contribution < -0.4 is 0 Å². The summed E-state index contributed by atoms with van der Waals surface area (Å²) in [5.41, 5.74) is -0.0992. The lowest BCUT2D eigenvalue weighted by molar-refractivity contribution is -0.334. The predicted octanol–water partition coefficient (Wildman–Crippen LogP) is 13.8. The van der Waals surface area contributed by atoms with Gasteiger partial charge in [0.2, 0.25) is 0 Å². The lowest BCUT2D eigenvalue weighted by atomic mass is 9.86. The van der Waals surface area contributed by atoms with Gasteiger partial charge in [-0.05, 0) is 73.6 Å². The SMILES string of the molecule is C=C(C)C(=O)OCCCC(CCCCCCCC)C(C)(OC(C)(C)CCCCCCCCC)OC(C)(C)CCCCCCCCC. The van der Waals surface area contributed by atoms with Crippen LogP contribution in [0.2, 0.25) is 0 Å². The third-order valence-electron chi connectivity index (χ3n) is 9.65. The molecular formula is C42H82O4. The van der Waals surface area contributed by atoms with Gasteiger partial charge in [-0.1, -0.05) is 156 Å². The molecule has 0 radical (unpaired) electrons. The highest BCUT2D eigenvalue weighted by Crippen LogP contribution is 2.41. The monoisotopic (exact) mass is 651 g/mol. The van der Waals surface area contributed by atoms with Gasteiger partial charge in [0, 0.05) is 11.5 Å². The maximum Gasteiger partial charge on any atom is 0.333 e. The molecule has 0 amide bonds. The minimum absolute atomic E-state index is 0.226. The van der Waals surface area contributed by atoms with Crippen LogP contribution in [-0.4, -0.2) is 29.6 Å². The molecule has 4 heteroatoms. The number of hydrogen-bond acceptors (Lipinski definition) is 4. The predicted molar refractivity (Wildman–Crippen MR) is 200 cm³/mol. The van der Waals surface area contributed by atoms with E-state index in [-0.39, 0.29) is 23.1 Å². The van der Waals surface area contributed by atoms with Crippen molar-refractivity contribution in [2.75, 3.05) is 6.61 Å². The van der Waals surface area contributed by atoms with Crippen molar-refractivity contribution < 1.29 is 19.0 Å². The van der Waals surface area contributed by atoms with E-state index in [1.807, 2.05) is 0 Å². The van der Waals surface area contributed by atoms with E-state index < -0.39 is 5.79 Å². The zero-order valence-electron chi connectivity index (χ0n) is 32.8. The summed E-state index contributed by atoms with van der Waals surface area (Å²) in [6.07, 6.45) is 30.8. The Kier molecular flexibility index (Phi) is 26.5. The average molecular weight is 651 g/mol.